The van der Waals surface area contributed by atoms with E-state index in [4.69, 9.17) is 4.74 Å². The summed E-state index contributed by atoms with van der Waals surface area (Å²) in [7, 11) is 0. The van der Waals surface area contributed by atoms with Gasteiger partial charge in [0.2, 0.25) is 5.91 Å². The van der Waals surface area contributed by atoms with E-state index in [-0.39, 0.29) is 5.91 Å². The van der Waals surface area contributed by atoms with Gasteiger partial charge >= 0.3 is 0 Å². The Balaban J connectivity index is 1.70. The standard InChI is InChI=1S/C17H26N2O2/c1-2-21-12-9-17(20)18-13-15-5-7-16(8-6-15)14-19-10-3-4-11-19/h5-8H,2-4,9-14H2,1H3,(H,18,20). The molecule has 116 valence electrons. The first-order chi connectivity index (χ1) is 10.3. The number of hydrogen-bond donors (Lipinski definition) is 1. The Bertz CT molecular complexity index is 425. The van der Waals surface area contributed by atoms with Crippen LogP contribution in [0, 0.1) is 0 Å². The Kier molecular flexibility index (Phi) is 6.70. The lowest BCUT2D eigenvalue weighted by atomic mass is 10.1. The van der Waals surface area contributed by atoms with Crippen molar-refractivity contribution in [1.29, 1.82) is 0 Å². The first-order valence-electron chi connectivity index (χ1n) is 7.92. The van der Waals surface area contributed by atoms with E-state index in [1.54, 1.807) is 0 Å². The Morgan fingerprint density at radius 2 is 1.86 bits per heavy atom. The summed E-state index contributed by atoms with van der Waals surface area (Å²) in [6.45, 7) is 7.16. The van der Waals surface area contributed by atoms with E-state index in [2.05, 4.69) is 34.5 Å². The van der Waals surface area contributed by atoms with Crippen molar-refractivity contribution in [3.8, 4) is 0 Å². The zero-order chi connectivity index (χ0) is 14.9. The first kappa shape index (κ1) is 16.0. The Morgan fingerprint density at radius 3 is 2.52 bits per heavy atom. The van der Waals surface area contributed by atoms with Crippen LogP contribution in [0.2, 0.25) is 0 Å². The zero-order valence-corrected chi connectivity index (χ0v) is 12.9. The third-order valence-corrected chi connectivity index (χ3v) is 3.80. The van der Waals surface area contributed by atoms with Crippen LogP contribution in [-0.2, 0) is 22.6 Å². The van der Waals surface area contributed by atoms with Crippen LogP contribution in [0.1, 0.15) is 37.3 Å². The van der Waals surface area contributed by atoms with Gasteiger partial charge in [0.15, 0.2) is 0 Å². The SMILES string of the molecule is CCOCCC(=O)NCc1ccc(CN2CCCC2)cc1. The van der Waals surface area contributed by atoms with Gasteiger partial charge in [0.25, 0.3) is 0 Å². The maximum absolute atomic E-state index is 11.6. The summed E-state index contributed by atoms with van der Waals surface area (Å²) in [4.78, 5) is 14.1. The molecule has 2 rings (SSSR count). The van der Waals surface area contributed by atoms with Crippen LogP contribution in [0.15, 0.2) is 24.3 Å². The van der Waals surface area contributed by atoms with Crippen LogP contribution in [0.3, 0.4) is 0 Å². The van der Waals surface area contributed by atoms with Crippen molar-refractivity contribution in [2.75, 3.05) is 26.3 Å². The van der Waals surface area contributed by atoms with E-state index >= 15 is 0 Å². The van der Waals surface area contributed by atoms with Crippen molar-refractivity contribution in [1.82, 2.24) is 10.2 Å². The lowest BCUT2D eigenvalue weighted by Gasteiger charge is -2.14. The fourth-order valence-electron chi connectivity index (χ4n) is 2.56. The van der Waals surface area contributed by atoms with Crippen LogP contribution in [0.25, 0.3) is 0 Å². The van der Waals surface area contributed by atoms with Gasteiger partial charge in [-0.3, -0.25) is 9.69 Å². The fraction of sp³-hybridized carbons (Fsp3) is 0.588. The van der Waals surface area contributed by atoms with E-state index in [1.807, 2.05) is 6.92 Å². The summed E-state index contributed by atoms with van der Waals surface area (Å²) in [6.07, 6.45) is 3.08. The summed E-state index contributed by atoms with van der Waals surface area (Å²) in [5, 5.41) is 2.92. The molecule has 1 saturated heterocycles. The van der Waals surface area contributed by atoms with Crippen molar-refractivity contribution < 1.29 is 9.53 Å². The smallest absolute Gasteiger partial charge is 0.222 e. The van der Waals surface area contributed by atoms with Gasteiger partial charge in [-0.25, -0.2) is 0 Å². The number of carbonyl (C=O) groups excluding carboxylic acids is 1. The molecule has 0 aromatic heterocycles. The molecule has 4 nitrogen and oxygen atoms in total. The topological polar surface area (TPSA) is 41.6 Å². The molecule has 1 aliphatic rings. The summed E-state index contributed by atoms with van der Waals surface area (Å²) in [6, 6.07) is 8.54. The van der Waals surface area contributed by atoms with Crippen molar-refractivity contribution in [2.45, 2.75) is 39.3 Å². The summed E-state index contributed by atoms with van der Waals surface area (Å²) in [5.41, 5.74) is 2.49. The molecular weight excluding hydrogens is 264 g/mol. The van der Waals surface area contributed by atoms with Gasteiger partial charge in [-0.15, -0.1) is 0 Å². The van der Waals surface area contributed by atoms with Crippen molar-refractivity contribution >= 4 is 5.91 Å². The Hall–Kier alpha value is -1.39. The molecule has 1 fully saturated rings. The normalized spacial score (nSPS) is 15.3. The van der Waals surface area contributed by atoms with Crippen molar-refractivity contribution in [3.05, 3.63) is 35.4 Å². The van der Waals surface area contributed by atoms with Gasteiger partial charge in [-0.05, 0) is 44.0 Å². The van der Waals surface area contributed by atoms with Gasteiger partial charge < -0.3 is 10.1 Å². The molecule has 1 aliphatic heterocycles. The van der Waals surface area contributed by atoms with Crippen LogP contribution >= 0.6 is 0 Å². The number of amides is 1. The lowest BCUT2D eigenvalue weighted by Crippen LogP contribution is -2.24. The molecule has 0 atom stereocenters. The third-order valence-electron chi connectivity index (χ3n) is 3.80. The molecule has 0 radical (unpaired) electrons. The van der Waals surface area contributed by atoms with E-state index in [0.29, 0.717) is 26.2 Å². The van der Waals surface area contributed by atoms with Gasteiger partial charge in [0.05, 0.1) is 6.61 Å². The highest BCUT2D eigenvalue weighted by Gasteiger charge is 2.11. The second-order valence-corrected chi connectivity index (χ2v) is 5.52. The van der Waals surface area contributed by atoms with Crippen molar-refractivity contribution in [2.24, 2.45) is 0 Å². The monoisotopic (exact) mass is 290 g/mol. The lowest BCUT2D eigenvalue weighted by molar-refractivity contribution is -0.122. The molecule has 0 spiro atoms. The summed E-state index contributed by atoms with van der Waals surface area (Å²) < 4.78 is 5.17. The number of nitrogens with one attached hydrogen (secondary N) is 1. The van der Waals surface area contributed by atoms with Gasteiger partial charge in [-0.1, -0.05) is 24.3 Å². The number of carbonyl (C=O) groups is 1. The highest BCUT2D eigenvalue weighted by atomic mass is 16.5. The van der Waals surface area contributed by atoms with Crippen LogP contribution < -0.4 is 5.32 Å². The zero-order valence-electron chi connectivity index (χ0n) is 12.9. The number of ether oxygens (including phenoxy) is 1. The maximum atomic E-state index is 11.6. The van der Waals surface area contributed by atoms with E-state index in [0.717, 1.165) is 12.1 Å². The number of rotatable bonds is 8. The van der Waals surface area contributed by atoms with Crippen LogP contribution in [-0.4, -0.2) is 37.1 Å². The highest BCUT2D eigenvalue weighted by molar-refractivity contribution is 5.75. The summed E-state index contributed by atoms with van der Waals surface area (Å²) >= 11 is 0. The molecule has 0 bridgehead atoms. The highest BCUT2D eigenvalue weighted by Crippen LogP contribution is 2.13. The van der Waals surface area contributed by atoms with E-state index in [9.17, 15) is 4.79 Å². The quantitative estimate of drug-likeness (QED) is 0.747. The van der Waals surface area contributed by atoms with Gasteiger partial charge in [-0.2, -0.15) is 0 Å². The molecule has 1 heterocycles. The molecule has 1 amide bonds. The molecule has 4 heteroatoms. The fourth-order valence-corrected chi connectivity index (χ4v) is 2.56. The third kappa shape index (κ3) is 5.86. The molecule has 1 aromatic carbocycles. The van der Waals surface area contributed by atoms with Gasteiger partial charge in [0.1, 0.15) is 0 Å². The Morgan fingerprint density at radius 1 is 1.19 bits per heavy atom. The van der Waals surface area contributed by atoms with Crippen LogP contribution in [0.4, 0.5) is 0 Å². The average molecular weight is 290 g/mol. The molecule has 21 heavy (non-hydrogen) atoms. The number of nitrogens with zero attached hydrogens (tertiary/aromatic N) is 1. The second kappa shape index (κ2) is 8.80. The molecule has 0 saturated carbocycles. The first-order valence-corrected chi connectivity index (χ1v) is 7.92. The Labute approximate surface area is 127 Å². The number of benzene rings is 1. The largest absolute Gasteiger partial charge is 0.381 e. The number of likely N-dealkylation sites (tertiary alicyclic amines) is 1. The second-order valence-electron chi connectivity index (χ2n) is 5.52. The number of hydrogen-bond acceptors (Lipinski definition) is 3. The summed E-state index contributed by atoms with van der Waals surface area (Å²) in [5.74, 6) is 0.0459. The van der Waals surface area contributed by atoms with E-state index in [1.165, 1.54) is 31.5 Å². The molecule has 0 aliphatic carbocycles. The minimum atomic E-state index is 0.0459. The predicted octanol–water partition coefficient (Wildman–Crippen LogP) is 2.33. The minimum Gasteiger partial charge on any atom is -0.381 e. The molecular formula is C17H26N2O2. The average Bonchev–Trinajstić information content (AvgIpc) is 3.00. The van der Waals surface area contributed by atoms with Crippen LogP contribution in [0.5, 0.6) is 0 Å². The molecule has 0 unspecified atom stereocenters. The van der Waals surface area contributed by atoms with Gasteiger partial charge in [0, 0.05) is 26.1 Å². The van der Waals surface area contributed by atoms with E-state index < -0.39 is 0 Å². The predicted molar refractivity (Wildman–Crippen MR) is 83.9 cm³/mol. The minimum absolute atomic E-state index is 0.0459. The van der Waals surface area contributed by atoms with Crippen molar-refractivity contribution in [3.63, 3.8) is 0 Å². The molecule has 1 N–H and O–H groups in total. The molecule has 1 aromatic rings. The maximum Gasteiger partial charge on any atom is 0.222 e.